The van der Waals surface area contributed by atoms with Gasteiger partial charge in [-0.25, -0.2) is 0 Å². The summed E-state index contributed by atoms with van der Waals surface area (Å²) in [5.74, 6) is 1.18. The van der Waals surface area contributed by atoms with Gasteiger partial charge in [0.15, 0.2) is 0 Å². The van der Waals surface area contributed by atoms with Gasteiger partial charge in [-0.3, -0.25) is 0 Å². The number of thioether (sulfide) groups is 1. The van der Waals surface area contributed by atoms with Gasteiger partial charge in [-0.05, 0) is 6.92 Å². The molecule has 0 radical (unpaired) electrons. The maximum Gasteiger partial charge on any atom is 0.0744 e. The summed E-state index contributed by atoms with van der Waals surface area (Å²) >= 11 is 6.07. The van der Waals surface area contributed by atoms with Crippen LogP contribution in [0.25, 0.3) is 0 Å². The first kappa shape index (κ1) is 6.36. The Morgan fingerprint density at radius 3 is 2.88 bits per heavy atom. The van der Waals surface area contributed by atoms with Gasteiger partial charge in [0.1, 0.15) is 0 Å². The van der Waals surface area contributed by atoms with Crippen LogP contribution in [0.1, 0.15) is 6.92 Å². The third-order valence-electron chi connectivity index (χ3n) is 1.05. The largest absolute Gasteiger partial charge is 0.379 e. The molecule has 1 rings (SSSR count). The van der Waals surface area contributed by atoms with Crippen molar-refractivity contribution in [2.24, 2.45) is 0 Å². The third kappa shape index (κ3) is 1.36. The Morgan fingerprint density at radius 1 is 1.75 bits per heavy atom. The molecule has 0 bridgehead atoms. The summed E-state index contributed by atoms with van der Waals surface area (Å²) in [6.07, 6.45) is 0. The molecule has 0 spiro atoms. The number of thiol groups is 1. The van der Waals surface area contributed by atoms with Crippen molar-refractivity contribution in [2.75, 3.05) is 12.3 Å². The second-order valence-electron chi connectivity index (χ2n) is 1.68. The topological polar surface area (TPSA) is 12.0 Å². The van der Waals surface area contributed by atoms with E-state index in [1.807, 2.05) is 11.8 Å². The van der Waals surface area contributed by atoms with Crippen molar-refractivity contribution in [1.82, 2.24) is 5.32 Å². The van der Waals surface area contributed by atoms with Crippen LogP contribution in [-0.4, -0.2) is 12.3 Å². The minimum Gasteiger partial charge on any atom is -0.379 e. The second-order valence-corrected chi connectivity index (χ2v) is 3.44. The minimum atomic E-state index is 1.04. The van der Waals surface area contributed by atoms with E-state index in [0.29, 0.717) is 0 Å². The third-order valence-corrected chi connectivity index (χ3v) is 2.74. The van der Waals surface area contributed by atoms with Crippen LogP contribution < -0.4 is 5.32 Å². The van der Waals surface area contributed by atoms with Crippen molar-refractivity contribution < 1.29 is 0 Å². The lowest BCUT2D eigenvalue weighted by molar-refractivity contribution is 0.900. The molecule has 0 aliphatic carbocycles. The molecule has 3 heteroatoms. The van der Waals surface area contributed by atoms with Crippen LogP contribution in [-0.2, 0) is 0 Å². The Morgan fingerprint density at radius 2 is 2.50 bits per heavy atom. The molecule has 0 aromatic rings. The first-order valence-electron chi connectivity index (χ1n) is 2.57. The maximum absolute atomic E-state index is 4.20. The Labute approximate surface area is 59.3 Å². The van der Waals surface area contributed by atoms with Crippen LogP contribution in [0.3, 0.4) is 0 Å². The fraction of sp³-hybridized carbons (Fsp3) is 0.600. The molecule has 0 saturated carbocycles. The van der Waals surface area contributed by atoms with Crippen molar-refractivity contribution in [3.8, 4) is 0 Å². The molecule has 0 aromatic heterocycles. The van der Waals surface area contributed by atoms with Crippen LogP contribution in [0.5, 0.6) is 0 Å². The van der Waals surface area contributed by atoms with Gasteiger partial charge < -0.3 is 5.32 Å². The molecule has 1 aliphatic rings. The van der Waals surface area contributed by atoms with Gasteiger partial charge in [0.2, 0.25) is 0 Å². The molecule has 1 heterocycles. The van der Waals surface area contributed by atoms with E-state index in [1.165, 1.54) is 10.7 Å². The Hall–Kier alpha value is 0.240. The molecule has 1 nitrogen and oxygen atoms in total. The maximum atomic E-state index is 4.20. The van der Waals surface area contributed by atoms with Gasteiger partial charge >= 0.3 is 0 Å². The molecule has 1 N–H and O–H groups in total. The second kappa shape index (κ2) is 2.69. The van der Waals surface area contributed by atoms with Gasteiger partial charge in [-0.1, -0.05) is 0 Å². The summed E-state index contributed by atoms with van der Waals surface area (Å²) < 4.78 is 0. The number of rotatable bonds is 0. The summed E-state index contributed by atoms with van der Waals surface area (Å²) in [7, 11) is 0. The molecule has 0 atom stereocenters. The highest BCUT2D eigenvalue weighted by Crippen LogP contribution is 2.22. The van der Waals surface area contributed by atoms with Gasteiger partial charge in [0.25, 0.3) is 0 Å². The number of hydrogen-bond acceptors (Lipinski definition) is 3. The van der Waals surface area contributed by atoms with Gasteiger partial charge in [0.05, 0.1) is 5.03 Å². The first-order valence-corrected chi connectivity index (χ1v) is 4.00. The quantitative estimate of drug-likeness (QED) is 0.503. The molecular formula is C5H9NS2. The molecule has 0 saturated heterocycles. The van der Waals surface area contributed by atoms with E-state index in [9.17, 15) is 0 Å². The van der Waals surface area contributed by atoms with Crippen LogP contribution in [0, 0.1) is 0 Å². The van der Waals surface area contributed by atoms with E-state index < -0.39 is 0 Å². The lowest BCUT2D eigenvalue weighted by Gasteiger charge is -2.14. The van der Waals surface area contributed by atoms with Gasteiger partial charge in [0, 0.05) is 17.2 Å². The average molecular weight is 147 g/mol. The van der Waals surface area contributed by atoms with Crippen molar-refractivity contribution in [3.63, 3.8) is 0 Å². The predicted octanol–water partition coefficient (Wildman–Crippen LogP) is 1.44. The molecule has 0 unspecified atom stereocenters. The van der Waals surface area contributed by atoms with Gasteiger partial charge in [-0.15, -0.1) is 24.4 Å². The number of hydrogen-bond donors (Lipinski definition) is 2. The normalized spacial score (nSPS) is 20.8. The predicted molar refractivity (Wildman–Crippen MR) is 42.1 cm³/mol. The Balaban J connectivity index is 2.60. The molecular weight excluding hydrogens is 138 g/mol. The Kier molecular flexibility index (Phi) is 2.14. The lowest BCUT2D eigenvalue weighted by atomic mass is 10.6. The SMILES string of the molecule is CC1=C(S)NCCS1. The van der Waals surface area contributed by atoms with E-state index in [-0.39, 0.29) is 0 Å². The molecule has 0 aromatic carbocycles. The van der Waals surface area contributed by atoms with Crippen molar-refractivity contribution in [1.29, 1.82) is 0 Å². The van der Waals surface area contributed by atoms with Crippen LogP contribution in [0.4, 0.5) is 0 Å². The first-order chi connectivity index (χ1) is 3.80. The molecule has 8 heavy (non-hydrogen) atoms. The fourth-order valence-electron chi connectivity index (χ4n) is 0.566. The van der Waals surface area contributed by atoms with E-state index >= 15 is 0 Å². The van der Waals surface area contributed by atoms with E-state index in [0.717, 1.165) is 11.6 Å². The molecule has 46 valence electrons. The number of allylic oxidation sites excluding steroid dienone is 1. The standard InChI is InChI=1S/C5H9NS2/c1-4-5(7)6-2-3-8-4/h6-7H,2-3H2,1H3. The zero-order valence-corrected chi connectivity index (χ0v) is 6.48. The highest BCUT2D eigenvalue weighted by atomic mass is 32.2. The zero-order valence-electron chi connectivity index (χ0n) is 4.77. The fourth-order valence-corrected chi connectivity index (χ4v) is 1.59. The summed E-state index contributed by atoms with van der Waals surface area (Å²) in [6, 6.07) is 0. The summed E-state index contributed by atoms with van der Waals surface area (Å²) in [5, 5.41) is 4.20. The summed E-state index contributed by atoms with van der Waals surface area (Å²) in [4.78, 5) is 1.31. The van der Waals surface area contributed by atoms with Crippen molar-refractivity contribution in [3.05, 3.63) is 9.93 Å². The van der Waals surface area contributed by atoms with Crippen LogP contribution in [0.2, 0.25) is 0 Å². The Bertz CT molecular complexity index is 106. The van der Waals surface area contributed by atoms with Crippen LogP contribution in [0.15, 0.2) is 9.93 Å². The summed E-state index contributed by atoms with van der Waals surface area (Å²) in [5.41, 5.74) is 0. The van der Waals surface area contributed by atoms with Gasteiger partial charge in [-0.2, -0.15) is 0 Å². The lowest BCUT2D eigenvalue weighted by Crippen LogP contribution is -2.18. The monoisotopic (exact) mass is 147 g/mol. The highest BCUT2D eigenvalue weighted by molar-refractivity contribution is 8.03. The minimum absolute atomic E-state index is 1.04. The zero-order chi connectivity index (χ0) is 5.98. The average Bonchev–Trinajstić information content (AvgIpc) is 1.77. The van der Waals surface area contributed by atoms with E-state index in [1.54, 1.807) is 0 Å². The highest BCUT2D eigenvalue weighted by Gasteiger charge is 2.02. The van der Waals surface area contributed by atoms with Crippen molar-refractivity contribution in [2.45, 2.75) is 6.92 Å². The number of nitrogens with one attached hydrogen (secondary N) is 1. The van der Waals surface area contributed by atoms with E-state index in [4.69, 9.17) is 0 Å². The van der Waals surface area contributed by atoms with Crippen LogP contribution >= 0.6 is 24.4 Å². The molecule has 0 amide bonds. The smallest absolute Gasteiger partial charge is 0.0744 e. The molecule has 1 aliphatic heterocycles. The molecule has 0 fully saturated rings. The van der Waals surface area contributed by atoms with Crippen molar-refractivity contribution >= 4 is 24.4 Å². The van der Waals surface area contributed by atoms with E-state index in [2.05, 4.69) is 24.9 Å². The summed E-state index contributed by atoms with van der Waals surface area (Å²) in [6.45, 7) is 3.14.